The van der Waals surface area contributed by atoms with Gasteiger partial charge in [-0.15, -0.1) is 11.6 Å². The van der Waals surface area contributed by atoms with Gasteiger partial charge in [0, 0.05) is 32.6 Å². The second kappa shape index (κ2) is 5.53. The summed E-state index contributed by atoms with van der Waals surface area (Å²) in [6.07, 6.45) is 0.114. The smallest absolute Gasteiger partial charge is 0.224 e. The molecule has 1 amide bonds. The molecule has 1 aliphatic rings. The van der Waals surface area contributed by atoms with Crippen LogP contribution in [0.3, 0.4) is 0 Å². The highest BCUT2D eigenvalue weighted by Gasteiger charge is 2.27. The third-order valence-electron chi connectivity index (χ3n) is 2.17. The Morgan fingerprint density at radius 1 is 1.79 bits per heavy atom. The van der Waals surface area contributed by atoms with E-state index >= 15 is 0 Å². The highest BCUT2D eigenvalue weighted by atomic mass is 35.5. The molecule has 0 aromatic rings. The number of halogens is 1. The van der Waals surface area contributed by atoms with Crippen molar-refractivity contribution in [3.63, 3.8) is 0 Å². The van der Waals surface area contributed by atoms with Gasteiger partial charge in [-0.3, -0.25) is 4.79 Å². The monoisotopic (exact) mass is 220 g/mol. The molecular formula is C9H17ClN2O2. The fourth-order valence-corrected chi connectivity index (χ4v) is 1.76. The molecule has 0 saturated carbocycles. The zero-order chi connectivity index (χ0) is 10.6. The Bertz CT molecular complexity index is 199. The Morgan fingerprint density at radius 3 is 3.00 bits per heavy atom. The summed E-state index contributed by atoms with van der Waals surface area (Å²) < 4.78 is 0. The first-order valence-corrected chi connectivity index (χ1v) is 5.34. The molecule has 2 atom stereocenters. The molecule has 0 aromatic heterocycles. The molecule has 2 N–H and O–H groups in total. The number of rotatable bonds is 5. The Labute approximate surface area is 89.2 Å². The minimum atomic E-state index is -0.343. The van der Waals surface area contributed by atoms with Gasteiger partial charge in [0.25, 0.3) is 0 Å². The lowest BCUT2D eigenvalue weighted by molar-refractivity contribution is -0.127. The van der Waals surface area contributed by atoms with Crippen LogP contribution in [0.25, 0.3) is 0 Å². The zero-order valence-electron chi connectivity index (χ0n) is 8.37. The number of nitrogens with zero attached hydrogens (tertiary/aromatic N) is 1. The van der Waals surface area contributed by atoms with Crippen molar-refractivity contribution in [2.45, 2.75) is 24.8 Å². The third kappa shape index (κ3) is 3.82. The number of hydrogen-bond donors (Lipinski definition) is 2. The van der Waals surface area contributed by atoms with E-state index in [1.807, 2.05) is 0 Å². The summed E-state index contributed by atoms with van der Waals surface area (Å²) in [6.45, 7) is 4.32. The fourth-order valence-electron chi connectivity index (χ4n) is 1.47. The van der Waals surface area contributed by atoms with Crippen molar-refractivity contribution in [1.29, 1.82) is 0 Å². The summed E-state index contributed by atoms with van der Waals surface area (Å²) in [5.74, 6) is 0.129. The van der Waals surface area contributed by atoms with Crippen molar-refractivity contribution >= 4 is 17.5 Å². The SMILES string of the molecule is CC(O)CNCCN1CC(Cl)CC1=O. The average molecular weight is 221 g/mol. The molecule has 1 aliphatic heterocycles. The van der Waals surface area contributed by atoms with E-state index in [4.69, 9.17) is 16.7 Å². The molecule has 14 heavy (non-hydrogen) atoms. The van der Waals surface area contributed by atoms with Crippen LogP contribution in [0, 0.1) is 0 Å². The van der Waals surface area contributed by atoms with Gasteiger partial charge in [-0.1, -0.05) is 0 Å². The molecule has 82 valence electrons. The number of amides is 1. The lowest BCUT2D eigenvalue weighted by Gasteiger charge is -2.16. The maximum absolute atomic E-state index is 11.3. The van der Waals surface area contributed by atoms with Crippen LogP contribution in [-0.2, 0) is 4.79 Å². The largest absolute Gasteiger partial charge is 0.392 e. The van der Waals surface area contributed by atoms with E-state index in [-0.39, 0.29) is 17.4 Å². The summed E-state index contributed by atoms with van der Waals surface area (Å²) in [6, 6.07) is 0. The second-order valence-corrected chi connectivity index (χ2v) is 4.31. The number of carbonyl (C=O) groups excluding carboxylic acids is 1. The van der Waals surface area contributed by atoms with Gasteiger partial charge in [-0.2, -0.15) is 0 Å². The first-order chi connectivity index (χ1) is 6.59. The molecule has 5 heteroatoms. The minimum Gasteiger partial charge on any atom is -0.392 e. The second-order valence-electron chi connectivity index (χ2n) is 3.69. The van der Waals surface area contributed by atoms with Crippen LogP contribution < -0.4 is 5.32 Å². The van der Waals surface area contributed by atoms with Crippen molar-refractivity contribution in [2.75, 3.05) is 26.2 Å². The molecule has 0 spiro atoms. The lowest BCUT2D eigenvalue weighted by atomic mass is 10.4. The Morgan fingerprint density at radius 2 is 2.50 bits per heavy atom. The van der Waals surface area contributed by atoms with E-state index in [1.165, 1.54) is 0 Å². The highest BCUT2D eigenvalue weighted by Crippen LogP contribution is 2.15. The van der Waals surface area contributed by atoms with E-state index in [9.17, 15) is 4.79 Å². The predicted molar refractivity (Wildman–Crippen MR) is 55.4 cm³/mol. The maximum Gasteiger partial charge on any atom is 0.224 e. The van der Waals surface area contributed by atoms with Crippen molar-refractivity contribution in [3.05, 3.63) is 0 Å². The van der Waals surface area contributed by atoms with E-state index in [0.717, 1.165) is 0 Å². The van der Waals surface area contributed by atoms with Gasteiger partial charge in [0.2, 0.25) is 5.91 Å². The third-order valence-corrected chi connectivity index (χ3v) is 2.46. The Balaban J connectivity index is 2.10. The minimum absolute atomic E-state index is 0.0285. The van der Waals surface area contributed by atoms with Gasteiger partial charge in [-0.25, -0.2) is 0 Å². The number of aliphatic hydroxyl groups excluding tert-OH is 1. The van der Waals surface area contributed by atoms with Crippen LogP contribution in [0.1, 0.15) is 13.3 Å². The molecule has 1 rings (SSSR count). The van der Waals surface area contributed by atoms with Crippen LogP contribution in [0.2, 0.25) is 0 Å². The van der Waals surface area contributed by atoms with Crippen LogP contribution in [0.15, 0.2) is 0 Å². The number of alkyl halides is 1. The summed E-state index contributed by atoms with van der Waals surface area (Å²) in [7, 11) is 0. The molecule has 0 aromatic carbocycles. The topological polar surface area (TPSA) is 52.6 Å². The standard InChI is InChI=1S/C9H17ClN2O2/c1-7(13)5-11-2-3-12-6-8(10)4-9(12)14/h7-8,11,13H,2-6H2,1H3. The molecule has 2 unspecified atom stereocenters. The molecule has 0 radical (unpaired) electrons. The molecular weight excluding hydrogens is 204 g/mol. The van der Waals surface area contributed by atoms with Crippen molar-refractivity contribution in [3.8, 4) is 0 Å². The molecule has 4 nitrogen and oxygen atoms in total. The molecule has 1 saturated heterocycles. The zero-order valence-corrected chi connectivity index (χ0v) is 9.13. The number of aliphatic hydroxyl groups is 1. The highest BCUT2D eigenvalue weighted by molar-refractivity contribution is 6.22. The Kier molecular flexibility index (Phi) is 4.65. The Hall–Kier alpha value is -0.320. The summed E-state index contributed by atoms with van der Waals surface area (Å²) in [4.78, 5) is 13.0. The average Bonchev–Trinajstić information content (AvgIpc) is 2.39. The molecule has 1 heterocycles. The van der Waals surface area contributed by atoms with Gasteiger partial charge in [0.05, 0.1) is 11.5 Å². The summed E-state index contributed by atoms with van der Waals surface area (Å²) in [5.41, 5.74) is 0. The van der Waals surface area contributed by atoms with E-state index in [1.54, 1.807) is 11.8 Å². The summed E-state index contributed by atoms with van der Waals surface area (Å²) in [5, 5.41) is 12.0. The number of nitrogens with one attached hydrogen (secondary N) is 1. The van der Waals surface area contributed by atoms with Gasteiger partial charge in [-0.05, 0) is 6.92 Å². The number of likely N-dealkylation sites (tertiary alicyclic amines) is 1. The first-order valence-electron chi connectivity index (χ1n) is 4.90. The number of carbonyl (C=O) groups is 1. The van der Waals surface area contributed by atoms with E-state index in [2.05, 4.69) is 5.32 Å². The van der Waals surface area contributed by atoms with Crippen molar-refractivity contribution in [2.24, 2.45) is 0 Å². The van der Waals surface area contributed by atoms with Crippen LogP contribution >= 0.6 is 11.6 Å². The van der Waals surface area contributed by atoms with Gasteiger partial charge in [0.15, 0.2) is 0 Å². The number of hydrogen-bond acceptors (Lipinski definition) is 3. The van der Waals surface area contributed by atoms with Crippen molar-refractivity contribution in [1.82, 2.24) is 10.2 Å². The quantitative estimate of drug-likeness (QED) is 0.498. The lowest BCUT2D eigenvalue weighted by Crippen LogP contribution is -2.35. The van der Waals surface area contributed by atoms with E-state index < -0.39 is 0 Å². The summed E-state index contributed by atoms with van der Waals surface area (Å²) >= 11 is 5.84. The molecule has 0 aliphatic carbocycles. The van der Waals surface area contributed by atoms with Gasteiger partial charge < -0.3 is 15.3 Å². The fraction of sp³-hybridized carbons (Fsp3) is 0.889. The van der Waals surface area contributed by atoms with Crippen LogP contribution in [0.5, 0.6) is 0 Å². The maximum atomic E-state index is 11.3. The predicted octanol–water partition coefficient (Wildman–Crippen LogP) is -0.203. The van der Waals surface area contributed by atoms with E-state index in [0.29, 0.717) is 32.6 Å². The van der Waals surface area contributed by atoms with Gasteiger partial charge >= 0.3 is 0 Å². The normalized spacial score (nSPS) is 24.4. The van der Waals surface area contributed by atoms with Crippen molar-refractivity contribution < 1.29 is 9.90 Å². The molecule has 1 fully saturated rings. The van der Waals surface area contributed by atoms with Crippen LogP contribution in [-0.4, -0.2) is 53.6 Å². The van der Waals surface area contributed by atoms with Crippen LogP contribution in [0.4, 0.5) is 0 Å². The molecule has 0 bridgehead atoms. The van der Waals surface area contributed by atoms with Gasteiger partial charge in [0.1, 0.15) is 0 Å². The first kappa shape index (κ1) is 11.8.